The maximum atomic E-state index is 14.3. The molecular formula is C71H98Cl5N15O16Si2. The summed E-state index contributed by atoms with van der Waals surface area (Å²) in [5.41, 5.74) is 7.06. The van der Waals surface area contributed by atoms with E-state index in [4.69, 9.17) is 102 Å². The van der Waals surface area contributed by atoms with Crippen LogP contribution in [0.15, 0.2) is 73.3 Å². The number of ether oxygens (including phenoxy) is 8. The monoisotopic (exact) mass is 1650 g/mol. The minimum Gasteiger partial charge on any atom is -0.495 e. The first-order chi connectivity index (χ1) is 51.0. The first-order valence-electron chi connectivity index (χ1n) is 34.5. The fourth-order valence-electron chi connectivity index (χ4n) is 10.5. The van der Waals surface area contributed by atoms with Crippen molar-refractivity contribution in [3.63, 3.8) is 0 Å². The minimum absolute atomic E-state index is 0.0791. The van der Waals surface area contributed by atoms with Crippen LogP contribution in [0.4, 0.5) is 70.6 Å². The Balaban J connectivity index is 0.000000284. The topological polar surface area (TPSA) is 332 Å². The normalized spacial score (nSPS) is 13.2. The number of anilines is 7. The number of halogens is 5. The number of methoxy groups -OCH3 is 4. The molecule has 6 aromatic rings. The molecule has 2 aliphatic heterocycles. The van der Waals surface area contributed by atoms with E-state index in [1.165, 1.54) is 98.1 Å². The highest BCUT2D eigenvalue weighted by Crippen LogP contribution is 2.48. The fourth-order valence-corrected chi connectivity index (χ4v) is 13.6. The minimum atomic E-state index is -1.45. The van der Waals surface area contributed by atoms with E-state index in [1.54, 1.807) is 41.1 Å². The van der Waals surface area contributed by atoms with Crippen molar-refractivity contribution in [1.29, 1.82) is 0 Å². The number of nitrogens with zero attached hydrogens (tertiary/aromatic N) is 14. The zero-order valence-corrected chi connectivity index (χ0v) is 70.6. The molecule has 2 N–H and O–H groups in total. The first kappa shape index (κ1) is 89.2. The number of nitro benzene ring substituents is 2. The standard InChI is InChI=1S/C36H49Cl2N7O8Si.C20H27Cl3N4O4Si.C15H22N4O4/c1-36(2,3)53-35(47)43-14-12-42(13-15-43)26-11-10-24(27(20-26)45(48)49)18-25-19-30(40-22-39-25)41(4)34(46)44(23-52-16-17-54(7,8)9)33-31(37)28(50-5)21-29(51-6)32(33)38;1-26(16-10-15(21)24-11-25-16)20(28)27(12-31-7-8-32(4,5)6)19-17(22)13(29-2)9-14(30-3)18(19)23;1-15(2,3)23-14(20)18-8-6-17(7-9-18)11-4-5-12(16)13(10-11)19(21)22/h10-11,19-22H,12-18,23H2,1-9H3;9-11H,7-8,12H2,1-6H3;4-5,10H,6-9,16H2,1-3H3. The molecule has 2 aliphatic rings. The molecule has 2 saturated heterocycles. The van der Waals surface area contributed by atoms with Crippen molar-refractivity contribution < 1.29 is 66.9 Å². The number of benzene rings is 4. The zero-order chi connectivity index (χ0) is 81.2. The molecule has 109 heavy (non-hydrogen) atoms. The third-order valence-electron chi connectivity index (χ3n) is 16.6. The van der Waals surface area contributed by atoms with Gasteiger partial charge in [0.25, 0.3) is 11.4 Å². The van der Waals surface area contributed by atoms with Gasteiger partial charge in [-0.25, -0.2) is 39.1 Å². The molecule has 4 aromatic carbocycles. The molecule has 0 bridgehead atoms. The number of carbonyl (C=O) groups is 4. The zero-order valence-electron chi connectivity index (χ0n) is 64.8. The van der Waals surface area contributed by atoms with Crippen molar-refractivity contribution in [2.45, 2.75) is 111 Å². The molecule has 2 fully saturated rings. The number of hydrogen-bond donors (Lipinski definition) is 1. The molecule has 0 atom stereocenters. The maximum Gasteiger partial charge on any atom is 0.410 e. The second-order valence-electron chi connectivity index (χ2n) is 29.5. The molecule has 31 nitrogen and oxygen atoms in total. The summed E-state index contributed by atoms with van der Waals surface area (Å²) in [5, 5.41) is 23.9. The highest BCUT2D eigenvalue weighted by atomic mass is 35.5. The molecule has 0 aliphatic carbocycles. The van der Waals surface area contributed by atoms with Crippen LogP contribution in [0, 0.1) is 20.2 Å². The lowest BCUT2D eigenvalue weighted by Crippen LogP contribution is -2.50. The van der Waals surface area contributed by atoms with Gasteiger partial charge in [-0.1, -0.05) is 97.3 Å². The largest absolute Gasteiger partial charge is 0.495 e. The Morgan fingerprint density at radius 2 is 0.890 bits per heavy atom. The summed E-state index contributed by atoms with van der Waals surface area (Å²) in [6.07, 6.45) is 1.94. The summed E-state index contributed by atoms with van der Waals surface area (Å²) in [4.78, 5) is 104. The van der Waals surface area contributed by atoms with Crippen molar-refractivity contribution in [2.75, 3.05) is 157 Å². The third kappa shape index (κ3) is 25.7. The van der Waals surface area contributed by atoms with Gasteiger partial charge in [0.05, 0.1) is 55.4 Å². The Kier molecular flexibility index (Phi) is 32.2. The summed E-state index contributed by atoms with van der Waals surface area (Å²) >= 11 is 32.6. The number of nitrogens with two attached hydrogens (primary N) is 1. The Labute approximate surface area is 662 Å². The number of nitrogen functional groups attached to an aromatic ring is 1. The lowest BCUT2D eigenvalue weighted by molar-refractivity contribution is -0.385. The summed E-state index contributed by atoms with van der Waals surface area (Å²) in [7, 11) is 6.11. The predicted molar refractivity (Wildman–Crippen MR) is 432 cm³/mol. The van der Waals surface area contributed by atoms with E-state index in [1.807, 2.05) is 57.4 Å². The Morgan fingerprint density at radius 1 is 0.523 bits per heavy atom. The third-order valence-corrected chi connectivity index (χ3v) is 21.6. The number of hydrogen-bond acceptors (Lipinski definition) is 23. The maximum absolute atomic E-state index is 14.3. The van der Waals surface area contributed by atoms with E-state index in [2.05, 4.69) is 59.2 Å². The molecule has 0 saturated carbocycles. The average molecular weight is 1650 g/mol. The number of urea groups is 2. The number of carbonyl (C=O) groups excluding carboxylic acids is 4. The fraction of sp³-hybridized carbons (Fsp3) is 0.493. The van der Waals surface area contributed by atoms with Gasteiger partial charge in [-0.2, -0.15) is 0 Å². The molecule has 38 heteroatoms. The first-order valence-corrected chi connectivity index (χ1v) is 43.8. The second-order valence-corrected chi connectivity index (χ2v) is 42.6. The smallest absolute Gasteiger partial charge is 0.410 e. The average Bonchev–Trinajstić information content (AvgIpc) is 0.784. The van der Waals surface area contributed by atoms with E-state index in [0.29, 0.717) is 99.8 Å². The summed E-state index contributed by atoms with van der Waals surface area (Å²) in [6, 6.07) is 16.7. The predicted octanol–water partition coefficient (Wildman–Crippen LogP) is 15.8. The van der Waals surface area contributed by atoms with Gasteiger partial charge >= 0.3 is 24.2 Å². The number of amides is 6. The molecule has 0 radical (unpaired) electrons. The second kappa shape index (κ2) is 39.3. The lowest BCUT2D eigenvalue weighted by Gasteiger charge is -2.36. The SMILES string of the molecule is CC(C)(C)OC(=O)N1CCN(c2ccc(N)c([N+](=O)[O-])c2)CC1.COc1cc(OC)c(Cl)c(N(COCC[Si](C)(C)C)C(=O)N(C)c2cc(Cc3ccc(N4CCN(C(=O)OC(C)(C)C)CC4)cc3[N+](=O)[O-])ncn2)c1Cl.COc1cc(OC)c(Cl)c(N(COCC[Si](C)(C)C)C(=O)N(C)c2cc(Cl)ncn2)c1Cl. The summed E-state index contributed by atoms with van der Waals surface area (Å²) in [5.74, 6) is 1.61. The highest BCUT2D eigenvalue weighted by molar-refractivity contribution is 6.76. The number of aromatic nitrogens is 4. The molecule has 6 amide bonds. The van der Waals surface area contributed by atoms with Crippen molar-refractivity contribution >= 4 is 150 Å². The molecule has 8 rings (SSSR count). The van der Waals surface area contributed by atoms with Gasteiger partial charge in [-0.15, -0.1) is 0 Å². The van der Waals surface area contributed by atoms with Crippen molar-refractivity contribution in [2.24, 2.45) is 0 Å². The van der Waals surface area contributed by atoms with Crippen LogP contribution in [0.25, 0.3) is 0 Å². The Bertz CT molecular complexity index is 4120. The molecule has 596 valence electrons. The van der Waals surface area contributed by atoms with Gasteiger partial charge in [0.15, 0.2) is 0 Å². The van der Waals surface area contributed by atoms with Crippen LogP contribution in [-0.4, -0.2) is 213 Å². The molecule has 0 unspecified atom stereocenters. The van der Waals surface area contributed by atoms with Crippen LogP contribution in [0.1, 0.15) is 52.8 Å². The van der Waals surface area contributed by atoms with Crippen LogP contribution in [-0.2, 0) is 25.4 Å². The van der Waals surface area contributed by atoms with Gasteiger partial charge < -0.3 is 63.2 Å². The Hall–Kier alpha value is -8.68. The summed E-state index contributed by atoms with van der Waals surface area (Å²) in [6.45, 7) is 29.0. The number of nitro groups is 2. The highest BCUT2D eigenvalue weighted by Gasteiger charge is 2.35. The van der Waals surface area contributed by atoms with Crippen LogP contribution in [0.5, 0.6) is 23.0 Å². The van der Waals surface area contributed by atoms with Gasteiger partial charge in [0.1, 0.15) is 103 Å². The van der Waals surface area contributed by atoms with Gasteiger partial charge in [0.2, 0.25) is 0 Å². The van der Waals surface area contributed by atoms with E-state index >= 15 is 0 Å². The van der Waals surface area contributed by atoms with Crippen LogP contribution in [0.2, 0.25) is 76.6 Å². The summed E-state index contributed by atoms with van der Waals surface area (Å²) < 4.78 is 44.3. The van der Waals surface area contributed by atoms with Crippen LogP contribution >= 0.6 is 58.0 Å². The van der Waals surface area contributed by atoms with Crippen LogP contribution in [0.3, 0.4) is 0 Å². The lowest BCUT2D eigenvalue weighted by atomic mass is 10.1. The van der Waals surface area contributed by atoms with Gasteiger partial charge in [-0.3, -0.25) is 39.8 Å². The van der Waals surface area contributed by atoms with E-state index < -0.39 is 49.3 Å². The van der Waals surface area contributed by atoms with Crippen LogP contribution < -0.4 is 54.1 Å². The quantitative estimate of drug-likeness (QED) is 0.0112. The van der Waals surface area contributed by atoms with E-state index in [9.17, 15) is 39.4 Å². The Morgan fingerprint density at radius 3 is 1.25 bits per heavy atom. The molecule has 0 spiro atoms. The number of rotatable bonds is 24. The molecular weight excluding hydrogens is 1550 g/mol. The van der Waals surface area contributed by atoms with Crippen molar-refractivity contribution in [3.05, 3.63) is 130 Å². The molecule has 2 aromatic heterocycles. The van der Waals surface area contributed by atoms with Crippen molar-refractivity contribution in [3.8, 4) is 23.0 Å². The van der Waals surface area contributed by atoms with E-state index in [0.717, 1.165) is 17.8 Å². The van der Waals surface area contributed by atoms with Gasteiger partial charge in [0, 0.05) is 156 Å². The van der Waals surface area contributed by atoms with Gasteiger partial charge in [-0.05, 0) is 77.9 Å². The van der Waals surface area contributed by atoms with E-state index in [-0.39, 0.29) is 103 Å². The molecule has 4 heterocycles. The number of piperazine rings is 2. The van der Waals surface area contributed by atoms with Crippen molar-refractivity contribution in [1.82, 2.24) is 29.7 Å².